The molecule has 0 fully saturated rings. The minimum atomic E-state index is 0.553. The Labute approximate surface area is 175 Å². The third-order valence-electron chi connectivity index (χ3n) is 4.92. The Bertz CT molecular complexity index is 721. The SMILES string of the molecule is CCCCCCCCCc1ccc(OCCNc2ncnc(C)c2Cl)c(C)c1. The molecule has 1 aromatic heterocycles. The lowest BCUT2D eigenvalue weighted by atomic mass is 10.0. The molecule has 0 aliphatic heterocycles. The minimum Gasteiger partial charge on any atom is -0.491 e. The van der Waals surface area contributed by atoms with Crippen molar-refractivity contribution in [3.8, 4) is 5.75 Å². The average Bonchev–Trinajstić information content (AvgIpc) is 2.69. The van der Waals surface area contributed by atoms with Crippen molar-refractivity contribution < 1.29 is 4.74 Å². The lowest BCUT2D eigenvalue weighted by Gasteiger charge is -2.12. The number of aromatic nitrogens is 2. The normalized spacial score (nSPS) is 10.9. The highest BCUT2D eigenvalue weighted by atomic mass is 35.5. The molecule has 5 heteroatoms. The molecule has 1 aromatic carbocycles. The topological polar surface area (TPSA) is 47.0 Å². The lowest BCUT2D eigenvalue weighted by Crippen LogP contribution is -2.13. The van der Waals surface area contributed by atoms with Crippen molar-refractivity contribution in [2.45, 2.75) is 72.1 Å². The zero-order valence-electron chi connectivity index (χ0n) is 17.6. The van der Waals surface area contributed by atoms with Crippen molar-refractivity contribution in [1.29, 1.82) is 0 Å². The van der Waals surface area contributed by atoms with Gasteiger partial charge in [0.15, 0.2) is 0 Å². The van der Waals surface area contributed by atoms with Gasteiger partial charge in [0.25, 0.3) is 0 Å². The number of rotatable bonds is 13. The van der Waals surface area contributed by atoms with E-state index in [0.29, 0.717) is 24.0 Å². The fraction of sp³-hybridized carbons (Fsp3) is 0.565. The highest BCUT2D eigenvalue weighted by Gasteiger charge is 2.06. The maximum Gasteiger partial charge on any atom is 0.148 e. The smallest absolute Gasteiger partial charge is 0.148 e. The van der Waals surface area contributed by atoms with E-state index in [4.69, 9.17) is 16.3 Å². The molecule has 154 valence electrons. The van der Waals surface area contributed by atoms with Gasteiger partial charge in [-0.25, -0.2) is 9.97 Å². The first-order chi connectivity index (χ1) is 13.6. The zero-order chi connectivity index (χ0) is 20.2. The molecule has 0 bridgehead atoms. The van der Waals surface area contributed by atoms with Crippen molar-refractivity contribution in [3.63, 3.8) is 0 Å². The van der Waals surface area contributed by atoms with Gasteiger partial charge in [-0.15, -0.1) is 0 Å². The Balaban J connectivity index is 1.68. The van der Waals surface area contributed by atoms with Crippen LogP contribution < -0.4 is 10.1 Å². The average molecular weight is 404 g/mol. The molecule has 0 spiro atoms. The summed E-state index contributed by atoms with van der Waals surface area (Å²) < 4.78 is 5.92. The predicted octanol–water partition coefficient (Wildman–Crippen LogP) is 6.53. The monoisotopic (exact) mass is 403 g/mol. The Morgan fingerprint density at radius 3 is 2.50 bits per heavy atom. The molecule has 4 nitrogen and oxygen atoms in total. The first-order valence-corrected chi connectivity index (χ1v) is 10.9. The molecular formula is C23H34ClN3O. The van der Waals surface area contributed by atoms with Crippen LogP contribution in [0.4, 0.5) is 5.82 Å². The molecule has 0 aliphatic rings. The van der Waals surface area contributed by atoms with E-state index < -0.39 is 0 Å². The van der Waals surface area contributed by atoms with Gasteiger partial charge in [-0.3, -0.25) is 0 Å². The maximum absolute atomic E-state index is 6.19. The quantitative estimate of drug-likeness (QED) is 0.386. The predicted molar refractivity (Wildman–Crippen MR) is 119 cm³/mol. The van der Waals surface area contributed by atoms with Gasteiger partial charge in [-0.2, -0.15) is 0 Å². The second kappa shape index (κ2) is 12.6. The Morgan fingerprint density at radius 2 is 1.75 bits per heavy atom. The third-order valence-corrected chi connectivity index (χ3v) is 5.38. The summed E-state index contributed by atoms with van der Waals surface area (Å²) in [5, 5.41) is 3.76. The van der Waals surface area contributed by atoms with Crippen LogP contribution in [-0.2, 0) is 6.42 Å². The molecule has 0 radical (unpaired) electrons. The Kier molecular flexibility index (Phi) is 10.1. The van der Waals surface area contributed by atoms with E-state index in [2.05, 4.69) is 47.3 Å². The van der Waals surface area contributed by atoms with Gasteiger partial charge >= 0.3 is 0 Å². The summed E-state index contributed by atoms with van der Waals surface area (Å²) in [5.41, 5.74) is 3.36. The van der Waals surface area contributed by atoms with Crippen molar-refractivity contribution in [3.05, 3.63) is 46.4 Å². The van der Waals surface area contributed by atoms with Gasteiger partial charge in [0.1, 0.15) is 29.5 Å². The van der Waals surface area contributed by atoms with Crippen LogP contribution in [0.2, 0.25) is 5.02 Å². The Hall–Kier alpha value is -1.81. The molecule has 0 aliphatic carbocycles. The van der Waals surface area contributed by atoms with Crippen LogP contribution in [-0.4, -0.2) is 23.1 Å². The fourth-order valence-corrected chi connectivity index (χ4v) is 3.39. The molecule has 0 saturated heterocycles. The highest BCUT2D eigenvalue weighted by Crippen LogP contribution is 2.22. The molecular weight excluding hydrogens is 370 g/mol. The number of hydrogen-bond donors (Lipinski definition) is 1. The van der Waals surface area contributed by atoms with Crippen LogP contribution >= 0.6 is 11.6 Å². The molecule has 0 amide bonds. The third kappa shape index (κ3) is 7.67. The number of halogens is 1. The van der Waals surface area contributed by atoms with Crippen LogP contribution in [0.5, 0.6) is 5.75 Å². The van der Waals surface area contributed by atoms with E-state index in [1.807, 2.05) is 6.92 Å². The standard InChI is InChI=1S/C23H34ClN3O/c1-4-5-6-7-8-9-10-11-20-12-13-21(18(2)16-20)28-15-14-25-23-22(24)19(3)26-17-27-23/h12-13,16-17H,4-11,14-15H2,1-3H3,(H,25,26,27). The summed E-state index contributed by atoms with van der Waals surface area (Å²) in [7, 11) is 0. The highest BCUT2D eigenvalue weighted by molar-refractivity contribution is 6.33. The van der Waals surface area contributed by atoms with Gasteiger partial charge < -0.3 is 10.1 Å². The van der Waals surface area contributed by atoms with Crippen LogP contribution in [0.3, 0.4) is 0 Å². The van der Waals surface area contributed by atoms with E-state index >= 15 is 0 Å². The van der Waals surface area contributed by atoms with Crippen molar-refractivity contribution in [1.82, 2.24) is 9.97 Å². The molecule has 0 atom stereocenters. The van der Waals surface area contributed by atoms with Gasteiger partial charge in [0, 0.05) is 0 Å². The molecule has 1 heterocycles. The van der Waals surface area contributed by atoms with Crippen LogP contribution in [0.15, 0.2) is 24.5 Å². The summed E-state index contributed by atoms with van der Waals surface area (Å²) >= 11 is 6.19. The number of nitrogens with one attached hydrogen (secondary N) is 1. The minimum absolute atomic E-state index is 0.553. The van der Waals surface area contributed by atoms with E-state index in [-0.39, 0.29) is 0 Å². The summed E-state index contributed by atoms with van der Waals surface area (Å²) in [6, 6.07) is 6.54. The lowest BCUT2D eigenvalue weighted by molar-refractivity contribution is 0.330. The van der Waals surface area contributed by atoms with Crippen LogP contribution in [0.1, 0.15) is 68.7 Å². The fourth-order valence-electron chi connectivity index (χ4n) is 3.23. The molecule has 2 aromatic rings. The number of nitrogens with zero attached hydrogens (tertiary/aromatic N) is 2. The molecule has 0 saturated carbocycles. The summed E-state index contributed by atoms with van der Waals surface area (Å²) in [6.07, 6.45) is 12.1. The number of unbranched alkanes of at least 4 members (excludes halogenated alkanes) is 6. The van der Waals surface area contributed by atoms with Gasteiger partial charge in [0.2, 0.25) is 0 Å². The van der Waals surface area contributed by atoms with Crippen LogP contribution in [0, 0.1) is 13.8 Å². The van der Waals surface area contributed by atoms with E-state index in [1.165, 1.54) is 62.4 Å². The molecule has 2 rings (SSSR count). The van der Waals surface area contributed by atoms with E-state index in [9.17, 15) is 0 Å². The summed E-state index contributed by atoms with van der Waals surface area (Å²) in [6.45, 7) is 7.43. The zero-order valence-corrected chi connectivity index (χ0v) is 18.3. The second-order valence-corrected chi connectivity index (χ2v) is 7.75. The molecule has 0 unspecified atom stereocenters. The van der Waals surface area contributed by atoms with Gasteiger partial charge in [-0.05, 0) is 43.9 Å². The maximum atomic E-state index is 6.19. The summed E-state index contributed by atoms with van der Waals surface area (Å²) in [4.78, 5) is 8.22. The number of aryl methyl sites for hydroxylation is 3. The number of benzene rings is 1. The number of hydrogen-bond acceptors (Lipinski definition) is 4. The second-order valence-electron chi connectivity index (χ2n) is 7.37. The largest absolute Gasteiger partial charge is 0.491 e. The van der Waals surface area contributed by atoms with Crippen molar-refractivity contribution >= 4 is 17.4 Å². The van der Waals surface area contributed by atoms with Gasteiger partial charge in [-0.1, -0.05) is 69.2 Å². The van der Waals surface area contributed by atoms with E-state index in [0.717, 1.165) is 17.9 Å². The first kappa shape index (κ1) is 22.5. The summed E-state index contributed by atoms with van der Waals surface area (Å²) in [5.74, 6) is 1.59. The van der Waals surface area contributed by atoms with Crippen molar-refractivity contribution in [2.75, 3.05) is 18.5 Å². The van der Waals surface area contributed by atoms with Crippen LogP contribution in [0.25, 0.3) is 0 Å². The molecule has 28 heavy (non-hydrogen) atoms. The number of ether oxygens (including phenoxy) is 1. The number of anilines is 1. The molecule has 1 N–H and O–H groups in total. The first-order valence-electron chi connectivity index (χ1n) is 10.5. The van der Waals surface area contributed by atoms with Gasteiger partial charge in [0.05, 0.1) is 12.2 Å². The van der Waals surface area contributed by atoms with Crippen molar-refractivity contribution in [2.24, 2.45) is 0 Å². The Morgan fingerprint density at radius 1 is 1.00 bits per heavy atom. The van der Waals surface area contributed by atoms with E-state index in [1.54, 1.807) is 0 Å².